The molecule has 0 spiro atoms. The molecule has 0 aliphatic heterocycles. The van der Waals surface area contributed by atoms with Gasteiger partial charge in [-0.1, -0.05) is 0 Å². The van der Waals surface area contributed by atoms with Crippen LogP contribution in [0.3, 0.4) is 0 Å². The minimum absolute atomic E-state index is 0.0231. The molecule has 0 saturated heterocycles. The zero-order valence-electron chi connectivity index (χ0n) is 5.28. The molecule has 0 aliphatic rings. The molecule has 0 heterocycles. The number of nitrogens with two attached hydrogens (primary N) is 1. The normalized spacial score (nSPS) is 12.5. The van der Waals surface area contributed by atoms with Crippen molar-refractivity contribution < 1.29 is 19.8 Å². The summed E-state index contributed by atoms with van der Waals surface area (Å²) < 4.78 is 0. The molecule has 0 rings (SSSR count). The zero-order valence-corrected chi connectivity index (χ0v) is 5.28. The fourth-order valence-electron chi connectivity index (χ4n) is 0.402. The Hall–Kier alpha value is -1.10. The molecule has 0 saturated carbocycles. The smallest absolute Gasteiger partial charge is 0.320 e. The molecule has 5 heteroatoms. The van der Waals surface area contributed by atoms with Crippen LogP contribution in [-0.2, 0) is 9.59 Å². The Morgan fingerprint density at radius 3 is 2.20 bits per heavy atom. The second-order valence-corrected chi connectivity index (χ2v) is 1.88. The van der Waals surface area contributed by atoms with Gasteiger partial charge in [0.2, 0.25) is 0 Å². The van der Waals surface area contributed by atoms with Gasteiger partial charge in [0.25, 0.3) is 0 Å². The van der Waals surface area contributed by atoms with Crippen LogP contribution in [0.5, 0.6) is 0 Å². The van der Waals surface area contributed by atoms with E-state index >= 15 is 0 Å². The predicted molar refractivity (Wildman–Crippen MR) is 32.5 cm³/mol. The van der Waals surface area contributed by atoms with Crippen LogP contribution in [0.25, 0.3) is 0 Å². The maximum absolute atomic E-state index is 9.99. The van der Waals surface area contributed by atoms with E-state index in [0.29, 0.717) is 0 Å². The summed E-state index contributed by atoms with van der Waals surface area (Å²) in [6.07, 6.45) is -0.224. The Bertz CT molecular complexity index is 145. The number of carboxylic acid groups (broad SMARTS) is 2. The third kappa shape index (κ3) is 3.85. The van der Waals surface area contributed by atoms with Crippen LogP contribution in [-0.4, -0.2) is 28.2 Å². The third-order valence-electron chi connectivity index (χ3n) is 0.986. The van der Waals surface area contributed by atoms with E-state index in [0.717, 1.165) is 0 Å². The van der Waals surface area contributed by atoms with E-state index in [-0.39, 0.29) is 12.8 Å². The lowest BCUT2D eigenvalue weighted by Gasteiger charge is -2.01. The highest BCUT2D eigenvalue weighted by Crippen LogP contribution is 1.93. The van der Waals surface area contributed by atoms with Crippen molar-refractivity contribution in [1.29, 1.82) is 0 Å². The van der Waals surface area contributed by atoms with Crippen LogP contribution in [0.4, 0.5) is 0 Å². The van der Waals surface area contributed by atoms with E-state index in [1.807, 2.05) is 0 Å². The monoisotopic (exact) mass is 149 g/mol. The Balaban J connectivity index is 3.49. The van der Waals surface area contributed by atoms with Gasteiger partial charge in [-0.25, -0.2) is 0 Å². The number of rotatable bonds is 4. The number of hydrogen-bond donors (Lipinski definition) is 3. The summed E-state index contributed by atoms with van der Waals surface area (Å²) in [5, 5.41) is 16.3. The first kappa shape index (κ1) is 8.90. The van der Waals surface area contributed by atoms with Crippen molar-refractivity contribution >= 4 is 11.9 Å². The maximum atomic E-state index is 9.99. The summed E-state index contributed by atoms with van der Waals surface area (Å²) in [4.78, 5) is 19.9. The van der Waals surface area contributed by atoms with Crippen molar-refractivity contribution in [2.75, 3.05) is 0 Å². The first-order chi connectivity index (χ1) is 4.54. The summed E-state index contributed by atoms with van der Waals surface area (Å²) in [5.74, 6) is -2.20. The van der Waals surface area contributed by atoms with Gasteiger partial charge in [0, 0.05) is 6.42 Å². The lowest BCUT2D eigenvalue weighted by atomic mass is 10.2. The lowest BCUT2D eigenvalue weighted by Crippen LogP contribution is -2.30. The molecular formula is C5H9NO4. The first-order valence-corrected chi connectivity index (χ1v) is 2.74. The maximum Gasteiger partial charge on any atom is 0.320 e. The van der Waals surface area contributed by atoms with E-state index in [2.05, 4.69) is 0 Å². The molecule has 0 aromatic heterocycles. The van der Waals surface area contributed by atoms with Gasteiger partial charge in [0.15, 0.2) is 0 Å². The van der Waals surface area contributed by atoms with Crippen LogP contribution in [0.15, 0.2) is 0 Å². The second kappa shape index (κ2) is 3.84. The highest BCUT2D eigenvalue weighted by atomic mass is 16.5. The molecule has 0 aromatic rings. The third-order valence-corrected chi connectivity index (χ3v) is 0.986. The summed E-state index contributed by atoms with van der Waals surface area (Å²) >= 11 is 0. The Kier molecular flexibility index (Phi) is 3.42. The van der Waals surface area contributed by atoms with Gasteiger partial charge in [-0.3, -0.25) is 9.59 Å². The fourth-order valence-corrected chi connectivity index (χ4v) is 0.402. The van der Waals surface area contributed by atoms with Crippen LogP contribution in [0, 0.1) is 0 Å². The van der Waals surface area contributed by atoms with Gasteiger partial charge >= 0.3 is 11.9 Å². The Morgan fingerprint density at radius 1 is 1.40 bits per heavy atom. The van der Waals surface area contributed by atoms with Gasteiger partial charge in [0.05, 0.1) is 0 Å². The molecule has 1 atom stereocenters. The van der Waals surface area contributed by atoms with E-state index < -0.39 is 18.0 Å². The van der Waals surface area contributed by atoms with Gasteiger partial charge in [0.1, 0.15) is 6.04 Å². The van der Waals surface area contributed by atoms with Crippen molar-refractivity contribution in [3.63, 3.8) is 0 Å². The topological polar surface area (TPSA) is 101 Å². The molecule has 0 aromatic carbocycles. The molecule has 4 N–H and O–H groups in total. The van der Waals surface area contributed by atoms with Gasteiger partial charge in [-0.05, 0) is 6.42 Å². The molecule has 5 nitrogen and oxygen atoms in total. The minimum Gasteiger partial charge on any atom is -0.481 e. The van der Waals surface area contributed by atoms with E-state index in [9.17, 15) is 9.59 Å². The van der Waals surface area contributed by atoms with Gasteiger partial charge in [-0.2, -0.15) is 0 Å². The van der Waals surface area contributed by atoms with Crippen LogP contribution in [0.1, 0.15) is 12.8 Å². The predicted octanol–water partition coefficient (Wildman–Crippen LogP) is -0.737. The summed E-state index contributed by atoms with van der Waals surface area (Å²) in [5.41, 5.74) is 5.00. The van der Waals surface area contributed by atoms with Crippen molar-refractivity contribution in [2.45, 2.75) is 18.9 Å². The average molecular weight is 149 g/mol. The lowest BCUT2D eigenvalue weighted by molar-refractivity contribution is -0.139. The molecule has 0 aliphatic carbocycles. The SMILES string of the molecule is [15NH2]C(CC[13C](=O)O)C(=O)O. The highest BCUT2D eigenvalue weighted by Gasteiger charge is 2.12. The molecular weight excluding hydrogens is 140 g/mol. The van der Waals surface area contributed by atoms with E-state index in [1.54, 1.807) is 0 Å². The summed E-state index contributed by atoms with van der Waals surface area (Å²) in [6, 6.07) is -1.06. The van der Waals surface area contributed by atoms with Crippen molar-refractivity contribution in [2.24, 2.45) is 5.73 Å². The molecule has 0 bridgehead atoms. The molecule has 1 unspecified atom stereocenters. The quantitative estimate of drug-likeness (QED) is 0.361. The molecule has 58 valence electrons. The van der Waals surface area contributed by atoms with E-state index in [1.165, 1.54) is 0 Å². The zero-order chi connectivity index (χ0) is 8.15. The molecule has 0 fully saturated rings. The average Bonchev–Trinajstić information content (AvgIpc) is 1.82. The largest absolute Gasteiger partial charge is 0.481 e. The number of carboxylic acids is 2. The van der Waals surface area contributed by atoms with Crippen LogP contribution >= 0.6 is 0 Å². The first-order valence-electron chi connectivity index (χ1n) is 2.74. The number of carbonyl (C=O) groups is 2. The molecule has 0 radical (unpaired) electrons. The summed E-state index contributed by atoms with van der Waals surface area (Å²) in [7, 11) is 0. The highest BCUT2D eigenvalue weighted by molar-refractivity contribution is 5.74. The molecule has 0 amide bonds. The standard InChI is InChI=1S/C5H9NO4/c6-3(5(9)10)1-2-4(7)8/h3H,1-2,6H2,(H,7,8)(H,9,10)/i4+1,6+1. The Morgan fingerprint density at radius 2 is 1.90 bits per heavy atom. The van der Waals surface area contributed by atoms with Crippen LogP contribution in [0.2, 0.25) is 0 Å². The summed E-state index contributed by atoms with van der Waals surface area (Å²) in [6.45, 7) is 0. The molecule has 10 heavy (non-hydrogen) atoms. The van der Waals surface area contributed by atoms with Crippen molar-refractivity contribution in [3.8, 4) is 0 Å². The van der Waals surface area contributed by atoms with Gasteiger partial charge < -0.3 is 15.9 Å². The van der Waals surface area contributed by atoms with E-state index in [4.69, 9.17) is 15.9 Å². The number of hydrogen-bond acceptors (Lipinski definition) is 3. The van der Waals surface area contributed by atoms with Crippen molar-refractivity contribution in [3.05, 3.63) is 0 Å². The Labute approximate surface area is 57.5 Å². The van der Waals surface area contributed by atoms with Gasteiger partial charge in [-0.15, -0.1) is 0 Å². The fraction of sp³-hybridized carbons (Fsp3) is 0.600. The minimum atomic E-state index is -1.17. The second-order valence-electron chi connectivity index (χ2n) is 1.88. The number of aliphatic carboxylic acids is 2. The van der Waals surface area contributed by atoms with Crippen molar-refractivity contribution in [1.82, 2.24) is 0 Å². The van der Waals surface area contributed by atoms with Crippen LogP contribution < -0.4 is 5.73 Å².